The molecule has 1 N–H and O–H groups in total. The molecule has 0 atom stereocenters. The first-order valence-electron chi connectivity index (χ1n) is 3.07. The van der Waals surface area contributed by atoms with Crippen LogP contribution in [0.2, 0.25) is 5.02 Å². The summed E-state index contributed by atoms with van der Waals surface area (Å²) < 4.78 is 30.0. The van der Waals surface area contributed by atoms with E-state index in [1.165, 1.54) is 12.1 Å². The zero-order valence-corrected chi connectivity index (χ0v) is 8.88. The predicted molar refractivity (Wildman–Crippen MR) is 46.0 cm³/mol. The SMILES string of the molecule is N#[N+]c1ccc(Cl)c(S(=O)(=O)O)c1.[Cl-]. The average molecular weight is 255 g/mol. The summed E-state index contributed by atoms with van der Waals surface area (Å²) in [6, 6.07) is 3.47. The molecule has 0 amide bonds. The third-order valence-corrected chi connectivity index (χ3v) is 2.64. The highest BCUT2D eigenvalue weighted by molar-refractivity contribution is 7.86. The van der Waals surface area contributed by atoms with Gasteiger partial charge in [0.05, 0.1) is 11.1 Å². The van der Waals surface area contributed by atoms with E-state index in [0.717, 1.165) is 6.07 Å². The fraction of sp³-hybridized carbons (Fsp3) is 0. The van der Waals surface area contributed by atoms with Crippen LogP contribution in [0, 0.1) is 5.39 Å². The van der Waals surface area contributed by atoms with Crippen molar-refractivity contribution in [2.75, 3.05) is 0 Å². The van der Waals surface area contributed by atoms with Crippen LogP contribution in [-0.2, 0) is 10.1 Å². The molecule has 1 aromatic carbocycles. The Kier molecular flexibility index (Phi) is 4.29. The van der Waals surface area contributed by atoms with Gasteiger partial charge in [-0.25, -0.2) is 0 Å². The van der Waals surface area contributed by atoms with Crippen LogP contribution in [0.3, 0.4) is 0 Å². The number of benzene rings is 1. The van der Waals surface area contributed by atoms with Crippen LogP contribution in [0.25, 0.3) is 4.98 Å². The minimum Gasteiger partial charge on any atom is -1.00 e. The van der Waals surface area contributed by atoms with Gasteiger partial charge in [0.1, 0.15) is 4.90 Å². The summed E-state index contributed by atoms with van der Waals surface area (Å²) in [5.74, 6) is 0. The summed E-state index contributed by atoms with van der Waals surface area (Å²) in [7, 11) is -4.37. The summed E-state index contributed by atoms with van der Waals surface area (Å²) in [4.78, 5) is 2.27. The summed E-state index contributed by atoms with van der Waals surface area (Å²) >= 11 is 5.48. The highest BCUT2D eigenvalue weighted by Crippen LogP contribution is 2.25. The molecular weight excluding hydrogens is 251 g/mol. The molecule has 0 aliphatic rings. The van der Waals surface area contributed by atoms with E-state index in [4.69, 9.17) is 21.5 Å². The maximum Gasteiger partial charge on any atom is 0.386 e. The molecule has 14 heavy (non-hydrogen) atoms. The first-order chi connectivity index (χ1) is 5.95. The fourth-order valence-corrected chi connectivity index (χ4v) is 1.75. The average Bonchev–Trinajstić information content (AvgIpc) is 2.03. The minimum absolute atomic E-state index is 0. The van der Waals surface area contributed by atoms with Crippen molar-refractivity contribution in [2.45, 2.75) is 4.90 Å². The summed E-state index contributed by atoms with van der Waals surface area (Å²) in [5, 5.41) is 8.19. The van der Waals surface area contributed by atoms with E-state index in [2.05, 4.69) is 4.98 Å². The van der Waals surface area contributed by atoms with Gasteiger partial charge in [-0.2, -0.15) is 8.42 Å². The van der Waals surface area contributed by atoms with E-state index < -0.39 is 15.0 Å². The Morgan fingerprint density at radius 1 is 1.43 bits per heavy atom. The van der Waals surface area contributed by atoms with Gasteiger partial charge in [-0.1, -0.05) is 11.6 Å². The standard InChI is InChI=1S/C6H3ClN2O3S.ClH/c7-5-2-1-4(9-8)3-6(5)13(10,11)12;/h1-3H;1H. The molecule has 1 aromatic rings. The van der Waals surface area contributed by atoms with Gasteiger partial charge in [-0.15, -0.1) is 0 Å². The summed E-state index contributed by atoms with van der Waals surface area (Å²) in [5.41, 5.74) is -0.00275. The number of diazo groups is 1. The van der Waals surface area contributed by atoms with E-state index in [1.54, 1.807) is 0 Å². The molecule has 0 unspecified atom stereocenters. The molecule has 0 aromatic heterocycles. The molecule has 0 spiro atoms. The lowest BCUT2D eigenvalue weighted by Crippen LogP contribution is -3.00. The van der Waals surface area contributed by atoms with Crippen molar-refractivity contribution in [1.82, 2.24) is 0 Å². The predicted octanol–water partition coefficient (Wildman–Crippen LogP) is -0.925. The van der Waals surface area contributed by atoms with Gasteiger partial charge in [0.25, 0.3) is 10.1 Å². The number of nitrogens with zero attached hydrogens (tertiary/aromatic N) is 2. The first-order valence-corrected chi connectivity index (χ1v) is 4.89. The fourth-order valence-electron chi connectivity index (χ4n) is 0.752. The van der Waals surface area contributed by atoms with Crippen molar-refractivity contribution in [2.24, 2.45) is 0 Å². The lowest BCUT2D eigenvalue weighted by molar-refractivity contribution is -0.00000694. The van der Waals surface area contributed by atoms with Crippen LogP contribution in [0.1, 0.15) is 0 Å². The number of halogens is 2. The Morgan fingerprint density at radius 3 is 2.43 bits per heavy atom. The smallest absolute Gasteiger partial charge is 0.386 e. The van der Waals surface area contributed by atoms with Crippen LogP contribution in [0.5, 0.6) is 0 Å². The van der Waals surface area contributed by atoms with Crippen molar-refractivity contribution in [3.63, 3.8) is 0 Å². The largest absolute Gasteiger partial charge is 1.00 e. The highest BCUT2D eigenvalue weighted by atomic mass is 35.5. The van der Waals surface area contributed by atoms with E-state index >= 15 is 0 Å². The Balaban J connectivity index is 0.00000169. The Morgan fingerprint density at radius 2 is 2.00 bits per heavy atom. The summed E-state index contributed by atoms with van der Waals surface area (Å²) in [6.07, 6.45) is 0. The molecule has 0 aliphatic heterocycles. The van der Waals surface area contributed by atoms with E-state index in [1.807, 2.05) is 0 Å². The molecule has 0 bridgehead atoms. The molecule has 0 radical (unpaired) electrons. The van der Waals surface area contributed by atoms with Gasteiger partial charge in [-0.05, 0) is 6.07 Å². The molecule has 8 heteroatoms. The van der Waals surface area contributed by atoms with E-state index in [0.29, 0.717) is 0 Å². The summed E-state index contributed by atoms with van der Waals surface area (Å²) in [6.45, 7) is 0. The van der Waals surface area contributed by atoms with E-state index in [-0.39, 0.29) is 23.1 Å². The van der Waals surface area contributed by atoms with E-state index in [9.17, 15) is 8.42 Å². The van der Waals surface area contributed by atoms with Gasteiger partial charge in [-0.3, -0.25) is 4.55 Å². The molecule has 76 valence electrons. The first kappa shape index (κ1) is 13.1. The second kappa shape index (κ2) is 4.57. The van der Waals surface area contributed by atoms with Crippen molar-refractivity contribution >= 4 is 27.4 Å². The van der Waals surface area contributed by atoms with Gasteiger partial charge < -0.3 is 12.4 Å². The van der Waals surface area contributed by atoms with Crippen molar-refractivity contribution in [3.05, 3.63) is 28.2 Å². The highest BCUT2D eigenvalue weighted by Gasteiger charge is 2.18. The molecule has 0 saturated heterocycles. The van der Waals surface area contributed by atoms with Crippen LogP contribution in [-0.4, -0.2) is 13.0 Å². The zero-order valence-electron chi connectivity index (χ0n) is 6.55. The zero-order chi connectivity index (χ0) is 10.1. The number of rotatable bonds is 1. The normalized spacial score (nSPS) is 10.1. The van der Waals surface area contributed by atoms with Crippen LogP contribution < -0.4 is 12.4 Å². The maximum atomic E-state index is 10.7. The van der Waals surface area contributed by atoms with Crippen LogP contribution in [0.15, 0.2) is 23.1 Å². The monoisotopic (exact) mass is 254 g/mol. The molecule has 0 heterocycles. The third-order valence-electron chi connectivity index (χ3n) is 1.31. The Bertz CT molecular complexity index is 480. The quantitative estimate of drug-likeness (QED) is 0.519. The van der Waals surface area contributed by atoms with Gasteiger partial charge in [0.15, 0.2) is 4.98 Å². The maximum absolute atomic E-state index is 10.7. The minimum atomic E-state index is -4.37. The van der Waals surface area contributed by atoms with Crippen LogP contribution in [0.4, 0.5) is 5.69 Å². The lowest BCUT2D eigenvalue weighted by Gasteiger charge is -1.95. The molecule has 0 saturated carbocycles. The number of hydrogen-bond donors (Lipinski definition) is 1. The van der Waals surface area contributed by atoms with Crippen molar-refractivity contribution in [1.29, 1.82) is 5.39 Å². The van der Waals surface area contributed by atoms with Crippen molar-refractivity contribution in [3.8, 4) is 0 Å². The topological polar surface area (TPSA) is 82.5 Å². The second-order valence-electron chi connectivity index (χ2n) is 2.19. The Hall–Kier alpha value is -0.870. The van der Waals surface area contributed by atoms with Gasteiger partial charge in [0, 0.05) is 6.07 Å². The van der Waals surface area contributed by atoms with Crippen molar-refractivity contribution < 1.29 is 25.4 Å². The Labute approximate surface area is 91.5 Å². The van der Waals surface area contributed by atoms with Crippen LogP contribution >= 0.6 is 11.6 Å². The number of hydrogen-bond acceptors (Lipinski definition) is 3. The molecule has 5 nitrogen and oxygen atoms in total. The third kappa shape index (κ3) is 2.82. The molecule has 0 aliphatic carbocycles. The molecule has 1 rings (SSSR count). The lowest BCUT2D eigenvalue weighted by atomic mass is 10.3. The second-order valence-corrected chi connectivity index (χ2v) is 3.99. The molecule has 0 fully saturated rings. The van der Waals surface area contributed by atoms with Gasteiger partial charge >= 0.3 is 5.69 Å². The van der Waals surface area contributed by atoms with Gasteiger partial charge in [0.2, 0.25) is 5.39 Å². The molecular formula is C6H4Cl2N2O3S.